The van der Waals surface area contributed by atoms with Crippen molar-refractivity contribution in [3.63, 3.8) is 0 Å². The van der Waals surface area contributed by atoms with Gasteiger partial charge in [0.2, 0.25) is 0 Å². The van der Waals surface area contributed by atoms with Gasteiger partial charge in [0.05, 0.1) is 5.56 Å². The molecule has 0 aliphatic heterocycles. The third-order valence-corrected chi connectivity index (χ3v) is 2.64. The summed E-state index contributed by atoms with van der Waals surface area (Å²) in [5, 5.41) is 8.64. The van der Waals surface area contributed by atoms with E-state index in [2.05, 4.69) is 0 Å². The highest BCUT2D eigenvalue weighted by atomic mass is 19.1. The number of nitrogens with zero attached hydrogens (tertiary/aromatic N) is 1. The molecule has 2 rings (SSSR count). The second-order valence-electron chi connectivity index (χ2n) is 4.00. The van der Waals surface area contributed by atoms with Crippen LogP contribution in [0.25, 0.3) is 0 Å². The smallest absolute Gasteiger partial charge is 0.150 e. The first-order valence-corrected chi connectivity index (χ1v) is 5.57. The molecular weight excluding hydrogens is 245 g/mol. The summed E-state index contributed by atoms with van der Waals surface area (Å²) in [6.07, 6.45) is 0.714. The summed E-state index contributed by atoms with van der Waals surface area (Å²) in [5.74, 6) is 0.126. The molecule has 0 radical (unpaired) electrons. The van der Waals surface area contributed by atoms with Crippen molar-refractivity contribution in [2.45, 2.75) is 6.92 Å². The van der Waals surface area contributed by atoms with Crippen LogP contribution in [0.5, 0.6) is 11.5 Å². The Kier molecular flexibility index (Phi) is 3.58. The minimum Gasteiger partial charge on any atom is -0.457 e. The largest absolute Gasteiger partial charge is 0.457 e. The number of halogens is 1. The Balaban J connectivity index is 2.33. The van der Waals surface area contributed by atoms with Crippen LogP contribution < -0.4 is 4.74 Å². The van der Waals surface area contributed by atoms with Crippen molar-refractivity contribution in [1.29, 1.82) is 5.26 Å². The average Bonchev–Trinajstić information content (AvgIpc) is 2.41. The molecule has 0 bridgehead atoms. The van der Waals surface area contributed by atoms with E-state index in [4.69, 9.17) is 10.00 Å². The molecule has 0 aliphatic carbocycles. The Morgan fingerprint density at radius 3 is 2.68 bits per heavy atom. The van der Waals surface area contributed by atoms with Gasteiger partial charge in [0.1, 0.15) is 29.7 Å². The summed E-state index contributed by atoms with van der Waals surface area (Å²) >= 11 is 0. The standard InChI is InChI=1S/C15H10FNO2/c1-10-2-3-11(9-18)6-15(10)19-13-5-4-12(8-17)14(16)7-13/h2-7,9H,1H3. The summed E-state index contributed by atoms with van der Waals surface area (Å²) in [6, 6.07) is 10.7. The van der Waals surface area contributed by atoms with E-state index >= 15 is 0 Å². The molecule has 4 heteroatoms. The Bertz CT molecular complexity index is 674. The minimum atomic E-state index is -0.635. The molecule has 0 unspecified atom stereocenters. The lowest BCUT2D eigenvalue weighted by Gasteiger charge is -2.09. The average molecular weight is 255 g/mol. The first kappa shape index (κ1) is 12.8. The maximum Gasteiger partial charge on any atom is 0.150 e. The van der Waals surface area contributed by atoms with Gasteiger partial charge in [-0.3, -0.25) is 4.79 Å². The van der Waals surface area contributed by atoms with Crippen molar-refractivity contribution in [3.05, 3.63) is 58.9 Å². The van der Waals surface area contributed by atoms with E-state index in [9.17, 15) is 9.18 Å². The number of carbonyl (C=O) groups excluding carboxylic acids is 1. The van der Waals surface area contributed by atoms with Crippen molar-refractivity contribution in [2.75, 3.05) is 0 Å². The second-order valence-corrected chi connectivity index (χ2v) is 4.00. The number of ether oxygens (including phenoxy) is 1. The first-order chi connectivity index (χ1) is 9.13. The molecule has 0 heterocycles. The Morgan fingerprint density at radius 2 is 2.05 bits per heavy atom. The maximum atomic E-state index is 13.4. The van der Waals surface area contributed by atoms with E-state index < -0.39 is 5.82 Å². The number of carbonyl (C=O) groups is 1. The van der Waals surface area contributed by atoms with Crippen LogP contribution in [0.15, 0.2) is 36.4 Å². The minimum absolute atomic E-state index is 0.0364. The molecule has 0 saturated carbocycles. The Labute approximate surface area is 109 Å². The van der Waals surface area contributed by atoms with E-state index in [1.165, 1.54) is 12.1 Å². The highest BCUT2D eigenvalue weighted by Crippen LogP contribution is 2.27. The predicted molar refractivity (Wildman–Crippen MR) is 67.8 cm³/mol. The third-order valence-electron chi connectivity index (χ3n) is 2.64. The lowest BCUT2D eigenvalue weighted by molar-refractivity contribution is 0.112. The van der Waals surface area contributed by atoms with Crippen LogP contribution in [-0.4, -0.2) is 6.29 Å². The van der Waals surface area contributed by atoms with Gasteiger partial charge in [0.25, 0.3) is 0 Å². The van der Waals surface area contributed by atoms with E-state index in [0.29, 0.717) is 17.6 Å². The van der Waals surface area contributed by atoms with Gasteiger partial charge >= 0.3 is 0 Å². The molecule has 94 valence electrons. The van der Waals surface area contributed by atoms with Gasteiger partial charge in [-0.05, 0) is 30.7 Å². The zero-order valence-electron chi connectivity index (χ0n) is 10.2. The molecule has 2 aromatic rings. The summed E-state index contributed by atoms with van der Waals surface area (Å²) in [5.41, 5.74) is 1.27. The van der Waals surface area contributed by atoms with E-state index in [0.717, 1.165) is 11.6 Å². The zero-order valence-corrected chi connectivity index (χ0v) is 10.2. The molecule has 0 atom stereocenters. The summed E-state index contributed by atoms with van der Waals surface area (Å²) in [4.78, 5) is 10.7. The van der Waals surface area contributed by atoms with Crippen molar-refractivity contribution in [3.8, 4) is 17.6 Å². The fraction of sp³-hybridized carbons (Fsp3) is 0.0667. The molecule has 19 heavy (non-hydrogen) atoms. The molecule has 0 N–H and O–H groups in total. The van der Waals surface area contributed by atoms with E-state index in [1.807, 2.05) is 6.92 Å². The number of benzene rings is 2. The number of aldehydes is 1. The molecule has 0 fully saturated rings. The lowest BCUT2D eigenvalue weighted by atomic mass is 10.1. The zero-order chi connectivity index (χ0) is 13.8. The van der Waals surface area contributed by atoms with E-state index in [1.54, 1.807) is 24.3 Å². The summed E-state index contributed by atoms with van der Waals surface area (Å²) in [7, 11) is 0. The normalized spacial score (nSPS) is 9.74. The highest BCUT2D eigenvalue weighted by molar-refractivity contribution is 5.76. The van der Waals surface area contributed by atoms with Crippen LogP contribution in [-0.2, 0) is 0 Å². The Morgan fingerprint density at radius 1 is 1.26 bits per heavy atom. The van der Waals surface area contributed by atoms with Crippen molar-refractivity contribution in [2.24, 2.45) is 0 Å². The SMILES string of the molecule is Cc1ccc(C=O)cc1Oc1ccc(C#N)c(F)c1. The van der Waals surface area contributed by atoms with Crippen LogP contribution in [0.4, 0.5) is 4.39 Å². The summed E-state index contributed by atoms with van der Waals surface area (Å²) < 4.78 is 19.0. The third kappa shape index (κ3) is 2.78. The van der Waals surface area contributed by atoms with Gasteiger partial charge in [0.15, 0.2) is 0 Å². The number of aryl methyl sites for hydroxylation is 1. The molecular formula is C15H10FNO2. The maximum absolute atomic E-state index is 13.4. The fourth-order valence-electron chi connectivity index (χ4n) is 1.58. The number of rotatable bonds is 3. The quantitative estimate of drug-likeness (QED) is 0.787. The molecule has 3 nitrogen and oxygen atoms in total. The Hall–Kier alpha value is -2.67. The van der Waals surface area contributed by atoms with Gasteiger partial charge in [-0.15, -0.1) is 0 Å². The van der Waals surface area contributed by atoms with Crippen LogP contribution in [0.2, 0.25) is 0 Å². The second kappa shape index (κ2) is 5.32. The molecule has 0 saturated heterocycles. The molecule has 0 aliphatic rings. The number of nitriles is 1. The molecule has 2 aromatic carbocycles. The highest BCUT2D eigenvalue weighted by Gasteiger charge is 2.07. The van der Waals surface area contributed by atoms with Crippen molar-refractivity contribution < 1.29 is 13.9 Å². The van der Waals surface area contributed by atoms with Gasteiger partial charge in [-0.2, -0.15) is 5.26 Å². The van der Waals surface area contributed by atoms with Gasteiger partial charge in [-0.1, -0.05) is 12.1 Å². The van der Waals surface area contributed by atoms with Crippen LogP contribution >= 0.6 is 0 Å². The monoisotopic (exact) mass is 255 g/mol. The first-order valence-electron chi connectivity index (χ1n) is 5.57. The molecule has 0 spiro atoms. The topological polar surface area (TPSA) is 50.1 Å². The van der Waals surface area contributed by atoms with Gasteiger partial charge in [-0.25, -0.2) is 4.39 Å². The number of hydrogen-bond donors (Lipinski definition) is 0. The number of hydrogen-bond acceptors (Lipinski definition) is 3. The van der Waals surface area contributed by atoms with Crippen LogP contribution in [0, 0.1) is 24.1 Å². The van der Waals surface area contributed by atoms with Gasteiger partial charge < -0.3 is 4.74 Å². The summed E-state index contributed by atoms with van der Waals surface area (Å²) in [6.45, 7) is 1.82. The molecule has 0 aromatic heterocycles. The fourth-order valence-corrected chi connectivity index (χ4v) is 1.58. The molecule has 0 amide bonds. The van der Waals surface area contributed by atoms with Gasteiger partial charge in [0, 0.05) is 11.6 Å². The lowest BCUT2D eigenvalue weighted by Crippen LogP contribution is -1.91. The predicted octanol–water partition coefficient (Wildman–Crippen LogP) is 3.61. The van der Waals surface area contributed by atoms with Crippen LogP contribution in [0.1, 0.15) is 21.5 Å². The van der Waals surface area contributed by atoms with Crippen molar-refractivity contribution >= 4 is 6.29 Å². The van der Waals surface area contributed by atoms with E-state index in [-0.39, 0.29) is 11.3 Å². The van der Waals surface area contributed by atoms with Crippen molar-refractivity contribution in [1.82, 2.24) is 0 Å². The van der Waals surface area contributed by atoms with Crippen LogP contribution in [0.3, 0.4) is 0 Å².